The van der Waals surface area contributed by atoms with Gasteiger partial charge in [0, 0.05) is 24.5 Å². The van der Waals surface area contributed by atoms with Crippen LogP contribution in [0.25, 0.3) is 0 Å². The maximum atomic E-state index is 12.8. The van der Waals surface area contributed by atoms with Crippen LogP contribution in [0.5, 0.6) is 0 Å². The van der Waals surface area contributed by atoms with Crippen LogP contribution in [0.15, 0.2) is 42.5 Å². The fourth-order valence-corrected chi connectivity index (χ4v) is 2.29. The summed E-state index contributed by atoms with van der Waals surface area (Å²) >= 11 is 0. The van der Waals surface area contributed by atoms with Crippen molar-refractivity contribution >= 4 is 17.4 Å². The van der Waals surface area contributed by atoms with Crippen LogP contribution < -0.4 is 11.1 Å². The Morgan fingerprint density at radius 2 is 1.80 bits per heavy atom. The van der Waals surface area contributed by atoms with Crippen molar-refractivity contribution < 1.29 is 9.18 Å². The minimum Gasteiger partial charge on any atom is -0.399 e. The predicted octanol–water partition coefficient (Wildman–Crippen LogP) is 2.96. The molecule has 5 heteroatoms. The quantitative estimate of drug-likeness (QED) is 0.783. The van der Waals surface area contributed by atoms with Crippen LogP contribution in [-0.2, 0) is 13.1 Å². The van der Waals surface area contributed by atoms with E-state index in [-0.39, 0.29) is 11.8 Å². The number of rotatable bonds is 1. The zero-order valence-electron chi connectivity index (χ0n) is 10.8. The summed E-state index contributed by atoms with van der Waals surface area (Å²) in [6.45, 7) is 1.09. The van der Waals surface area contributed by atoms with Crippen LogP contribution in [0, 0.1) is 5.82 Å². The van der Waals surface area contributed by atoms with Gasteiger partial charge in [-0.1, -0.05) is 6.07 Å². The molecule has 2 amide bonds. The number of anilines is 2. The number of carbonyl (C=O) groups excluding carboxylic acids is 1. The Morgan fingerprint density at radius 3 is 2.55 bits per heavy atom. The lowest BCUT2D eigenvalue weighted by Crippen LogP contribution is -2.30. The molecule has 0 radical (unpaired) electrons. The number of hydrogen-bond donors (Lipinski definition) is 2. The molecule has 0 aliphatic carbocycles. The molecule has 1 heterocycles. The number of benzene rings is 2. The molecule has 102 valence electrons. The zero-order valence-corrected chi connectivity index (χ0v) is 10.8. The third-order valence-corrected chi connectivity index (χ3v) is 3.34. The fraction of sp³-hybridized carbons (Fsp3) is 0.133. The summed E-state index contributed by atoms with van der Waals surface area (Å²) in [5.41, 5.74) is 9.18. The number of nitrogens with zero attached hydrogens (tertiary/aromatic N) is 1. The van der Waals surface area contributed by atoms with Gasteiger partial charge in [-0.05, 0) is 47.5 Å². The first-order chi connectivity index (χ1) is 9.61. The minimum atomic E-state index is -0.327. The summed E-state index contributed by atoms with van der Waals surface area (Å²) in [6.07, 6.45) is 0. The maximum absolute atomic E-state index is 12.8. The number of amides is 2. The molecule has 0 spiro atoms. The second kappa shape index (κ2) is 4.85. The van der Waals surface area contributed by atoms with Gasteiger partial charge in [-0.15, -0.1) is 0 Å². The average molecular weight is 271 g/mol. The fourth-order valence-electron chi connectivity index (χ4n) is 2.29. The van der Waals surface area contributed by atoms with Crippen molar-refractivity contribution in [3.63, 3.8) is 0 Å². The van der Waals surface area contributed by atoms with E-state index in [2.05, 4.69) is 5.32 Å². The number of nitrogens with one attached hydrogen (secondary N) is 1. The Morgan fingerprint density at radius 1 is 1.10 bits per heavy atom. The predicted molar refractivity (Wildman–Crippen MR) is 75.5 cm³/mol. The van der Waals surface area contributed by atoms with Gasteiger partial charge in [0.15, 0.2) is 0 Å². The minimum absolute atomic E-state index is 0.202. The number of carbonyl (C=O) groups is 1. The first-order valence-corrected chi connectivity index (χ1v) is 6.30. The molecule has 3 N–H and O–H groups in total. The second-order valence-electron chi connectivity index (χ2n) is 4.82. The number of urea groups is 1. The van der Waals surface area contributed by atoms with Gasteiger partial charge >= 0.3 is 6.03 Å². The number of halogens is 1. The molecule has 20 heavy (non-hydrogen) atoms. The van der Waals surface area contributed by atoms with Crippen molar-refractivity contribution in [2.45, 2.75) is 13.1 Å². The van der Waals surface area contributed by atoms with Crippen molar-refractivity contribution in [2.24, 2.45) is 0 Å². The van der Waals surface area contributed by atoms with Gasteiger partial charge in [0.1, 0.15) is 5.82 Å². The third-order valence-electron chi connectivity index (χ3n) is 3.34. The lowest BCUT2D eigenvalue weighted by molar-refractivity contribution is 0.212. The van der Waals surface area contributed by atoms with Crippen molar-refractivity contribution in [3.8, 4) is 0 Å². The first-order valence-electron chi connectivity index (χ1n) is 6.30. The number of hydrogen-bond acceptors (Lipinski definition) is 2. The van der Waals surface area contributed by atoms with Gasteiger partial charge in [-0.2, -0.15) is 0 Å². The van der Waals surface area contributed by atoms with Crippen LogP contribution in [0.4, 0.5) is 20.6 Å². The Hall–Kier alpha value is -2.56. The van der Waals surface area contributed by atoms with E-state index in [1.807, 2.05) is 18.2 Å². The van der Waals surface area contributed by atoms with Crippen LogP contribution in [-0.4, -0.2) is 10.9 Å². The molecule has 0 bridgehead atoms. The molecular weight excluding hydrogens is 257 g/mol. The van der Waals surface area contributed by atoms with Crippen molar-refractivity contribution in [2.75, 3.05) is 11.1 Å². The van der Waals surface area contributed by atoms with E-state index in [0.717, 1.165) is 11.1 Å². The Balaban J connectivity index is 1.69. The van der Waals surface area contributed by atoms with Crippen molar-refractivity contribution in [1.29, 1.82) is 0 Å². The Bertz CT molecular complexity index is 655. The molecule has 2 aromatic rings. The van der Waals surface area contributed by atoms with Crippen LogP contribution in [0.2, 0.25) is 0 Å². The van der Waals surface area contributed by atoms with Gasteiger partial charge < -0.3 is 16.0 Å². The molecule has 0 atom stereocenters. The zero-order chi connectivity index (χ0) is 14.1. The smallest absolute Gasteiger partial charge is 0.322 e. The largest absolute Gasteiger partial charge is 0.399 e. The molecule has 3 rings (SSSR count). The van der Waals surface area contributed by atoms with Gasteiger partial charge in [-0.3, -0.25) is 0 Å². The first kappa shape index (κ1) is 12.5. The normalized spacial score (nSPS) is 13.2. The average Bonchev–Trinajstić information content (AvgIpc) is 2.84. The standard InChI is InChI=1S/C15H14FN3O/c16-12-2-5-14(6-3-12)18-15(20)19-8-10-1-4-13(17)7-11(10)9-19/h1-7H,8-9,17H2,(H,18,20). The number of fused-ring (bicyclic) bond motifs is 1. The van der Waals surface area contributed by atoms with Crippen molar-refractivity contribution in [3.05, 3.63) is 59.4 Å². The number of nitrogens with two attached hydrogens (primary N) is 1. The molecule has 0 saturated carbocycles. The SMILES string of the molecule is Nc1ccc2c(c1)CN(C(=O)Nc1ccc(F)cc1)C2. The summed E-state index contributed by atoms with van der Waals surface area (Å²) < 4.78 is 12.8. The van der Waals surface area contributed by atoms with Crippen LogP contribution >= 0.6 is 0 Å². The van der Waals surface area contributed by atoms with E-state index in [1.165, 1.54) is 24.3 Å². The summed E-state index contributed by atoms with van der Waals surface area (Å²) in [5, 5.41) is 2.75. The van der Waals surface area contributed by atoms with E-state index in [0.29, 0.717) is 24.5 Å². The van der Waals surface area contributed by atoms with E-state index in [1.54, 1.807) is 4.90 Å². The highest BCUT2D eigenvalue weighted by Crippen LogP contribution is 2.25. The molecule has 2 aromatic carbocycles. The van der Waals surface area contributed by atoms with E-state index in [4.69, 9.17) is 5.73 Å². The Kier molecular flexibility index (Phi) is 3.02. The van der Waals surface area contributed by atoms with Gasteiger partial charge in [0.25, 0.3) is 0 Å². The van der Waals surface area contributed by atoms with Crippen LogP contribution in [0.3, 0.4) is 0 Å². The van der Waals surface area contributed by atoms with E-state index < -0.39 is 0 Å². The summed E-state index contributed by atoms with van der Waals surface area (Å²) in [4.78, 5) is 13.8. The molecular formula is C15H14FN3O. The molecule has 0 fully saturated rings. The van der Waals surface area contributed by atoms with E-state index in [9.17, 15) is 9.18 Å². The molecule has 0 saturated heterocycles. The third kappa shape index (κ3) is 2.42. The monoisotopic (exact) mass is 271 g/mol. The van der Waals surface area contributed by atoms with Gasteiger partial charge in [0.05, 0.1) is 0 Å². The topological polar surface area (TPSA) is 58.4 Å². The molecule has 0 unspecified atom stereocenters. The molecule has 1 aliphatic heterocycles. The lowest BCUT2D eigenvalue weighted by atomic mass is 10.1. The van der Waals surface area contributed by atoms with Gasteiger partial charge in [0.2, 0.25) is 0 Å². The highest BCUT2D eigenvalue weighted by Gasteiger charge is 2.23. The molecule has 4 nitrogen and oxygen atoms in total. The number of nitrogen functional groups attached to an aromatic ring is 1. The van der Waals surface area contributed by atoms with Crippen molar-refractivity contribution in [1.82, 2.24) is 4.90 Å². The van der Waals surface area contributed by atoms with Crippen LogP contribution in [0.1, 0.15) is 11.1 Å². The van der Waals surface area contributed by atoms with E-state index >= 15 is 0 Å². The molecule has 0 aromatic heterocycles. The maximum Gasteiger partial charge on any atom is 0.322 e. The summed E-state index contributed by atoms with van der Waals surface area (Å²) in [7, 11) is 0. The Labute approximate surface area is 116 Å². The lowest BCUT2D eigenvalue weighted by Gasteiger charge is -2.16. The highest BCUT2D eigenvalue weighted by molar-refractivity contribution is 5.89. The van der Waals surface area contributed by atoms with Gasteiger partial charge in [-0.25, -0.2) is 9.18 Å². The molecule has 1 aliphatic rings. The summed E-state index contributed by atoms with van der Waals surface area (Å²) in [5.74, 6) is -0.327. The summed E-state index contributed by atoms with van der Waals surface area (Å²) in [6, 6.07) is 11.2. The second-order valence-corrected chi connectivity index (χ2v) is 4.82. The highest BCUT2D eigenvalue weighted by atomic mass is 19.1.